The van der Waals surface area contributed by atoms with E-state index in [0.29, 0.717) is 19.8 Å². The number of nitrogens with two attached hydrogens (primary N) is 1. The summed E-state index contributed by atoms with van der Waals surface area (Å²) in [5.41, 5.74) is 7.44. The summed E-state index contributed by atoms with van der Waals surface area (Å²) in [6.07, 6.45) is 0.990. The van der Waals surface area contributed by atoms with Crippen LogP contribution in [-0.2, 0) is 11.3 Å². The maximum Gasteiger partial charge on any atom is 0.105 e. The van der Waals surface area contributed by atoms with Crippen molar-refractivity contribution in [2.45, 2.75) is 39.3 Å². The highest BCUT2D eigenvalue weighted by Crippen LogP contribution is 2.41. The first kappa shape index (κ1) is 13.5. The molecule has 1 aliphatic rings. The second-order valence-corrected chi connectivity index (χ2v) is 5.11. The molecule has 0 bridgehead atoms. The first-order chi connectivity index (χ1) is 8.63. The molecule has 5 nitrogen and oxygen atoms in total. The minimum absolute atomic E-state index is 0.280. The van der Waals surface area contributed by atoms with Gasteiger partial charge in [0.15, 0.2) is 0 Å². The van der Waals surface area contributed by atoms with E-state index in [1.54, 1.807) is 0 Å². The van der Waals surface area contributed by atoms with E-state index >= 15 is 0 Å². The molecule has 1 aliphatic heterocycles. The SMILES string of the molecule is CCn1nc(C(O)C2(CN)CCOCC2)cc1C. The standard InChI is InChI=1S/C13H23N3O2/c1-3-16-10(2)8-11(15-16)12(17)13(9-14)4-6-18-7-5-13/h8,12,17H,3-7,9,14H2,1-2H3. The number of aliphatic hydroxyl groups is 1. The number of rotatable bonds is 4. The average molecular weight is 253 g/mol. The van der Waals surface area contributed by atoms with Crippen molar-refractivity contribution in [2.24, 2.45) is 11.1 Å². The predicted octanol–water partition coefficient (Wildman–Crippen LogP) is 1.00. The van der Waals surface area contributed by atoms with Crippen molar-refractivity contribution in [2.75, 3.05) is 19.8 Å². The van der Waals surface area contributed by atoms with Gasteiger partial charge in [-0.1, -0.05) is 0 Å². The molecule has 3 N–H and O–H groups in total. The Hall–Kier alpha value is -0.910. The summed E-state index contributed by atoms with van der Waals surface area (Å²) in [5, 5.41) is 15.1. The van der Waals surface area contributed by atoms with Crippen molar-refractivity contribution in [3.8, 4) is 0 Å². The van der Waals surface area contributed by atoms with Crippen LogP contribution in [0.15, 0.2) is 6.07 Å². The zero-order valence-electron chi connectivity index (χ0n) is 11.2. The fourth-order valence-electron chi connectivity index (χ4n) is 2.67. The summed E-state index contributed by atoms with van der Waals surface area (Å²) in [5.74, 6) is 0. The molecule has 0 amide bonds. The van der Waals surface area contributed by atoms with Gasteiger partial charge in [0.2, 0.25) is 0 Å². The Morgan fingerprint density at radius 3 is 2.72 bits per heavy atom. The quantitative estimate of drug-likeness (QED) is 0.839. The summed E-state index contributed by atoms with van der Waals surface area (Å²) >= 11 is 0. The van der Waals surface area contributed by atoms with Crippen LogP contribution in [0.4, 0.5) is 0 Å². The van der Waals surface area contributed by atoms with Crippen LogP contribution < -0.4 is 5.73 Å². The van der Waals surface area contributed by atoms with Crippen molar-refractivity contribution in [3.05, 3.63) is 17.5 Å². The summed E-state index contributed by atoms with van der Waals surface area (Å²) in [7, 11) is 0. The number of aromatic nitrogens is 2. The van der Waals surface area contributed by atoms with E-state index in [0.717, 1.165) is 30.8 Å². The minimum atomic E-state index is -0.599. The van der Waals surface area contributed by atoms with Crippen LogP contribution in [0.3, 0.4) is 0 Å². The van der Waals surface area contributed by atoms with E-state index < -0.39 is 6.10 Å². The number of hydrogen-bond acceptors (Lipinski definition) is 4. The zero-order chi connectivity index (χ0) is 13.2. The van der Waals surface area contributed by atoms with E-state index in [1.165, 1.54) is 0 Å². The lowest BCUT2D eigenvalue weighted by molar-refractivity contribution is -0.0599. The van der Waals surface area contributed by atoms with Gasteiger partial charge in [0.05, 0.1) is 5.69 Å². The molecule has 0 spiro atoms. The van der Waals surface area contributed by atoms with Crippen LogP contribution in [0.2, 0.25) is 0 Å². The highest BCUT2D eigenvalue weighted by molar-refractivity contribution is 5.15. The van der Waals surface area contributed by atoms with Crippen LogP contribution in [-0.4, -0.2) is 34.6 Å². The highest BCUT2D eigenvalue weighted by atomic mass is 16.5. The summed E-state index contributed by atoms with van der Waals surface area (Å²) < 4.78 is 7.28. The summed E-state index contributed by atoms with van der Waals surface area (Å²) in [6, 6.07) is 1.96. The second kappa shape index (κ2) is 5.38. The highest BCUT2D eigenvalue weighted by Gasteiger charge is 2.40. The molecule has 1 saturated heterocycles. The Bertz CT molecular complexity index is 397. The van der Waals surface area contributed by atoms with Gasteiger partial charge in [-0.15, -0.1) is 0 Å². The molecule has 0 aromatic carbocycles. The van der Waals surface area contributed by atoms with Crippen LogP contribution in [0.1, 0.15) is 37.3 Å². The van der Waals surface area contributed by atoms with Gasteiger partial charge in [-0.25, -0.2) is 0 Å². The third-order valence-corrected chi connectivity index (χ3v) is 4.05. The first-order valence-electron chi connectivity index (χ1n) is 6.63. The predicted molar refractivity (Wildman–Crippen MR) is 69.1 cm³/mol. The van der Waals surface area contributed by atoms with Gasteiger partial charge in [-0.2, -0.15) is 5.10 Å². The number of ether oxygens (including phenoxy) is 1. The molecule has 1 aromatic heterocycles. The maximum atomic E-state index is 10.6. The molecule has 18 heavy (non-hydrogen) atoms. The van der Waals surface area contributed by atoms with Gasteiger partial charge in [0.1, 0.15) is 6.10 Å². The molecule has 0 aliphatic carbocycles. The Balaban J connectivity index is 2.24. The van der Waals surface area contributed by atoms with Gasteiger partial charge in [0.25, 0.3) is 0 Å². The van der Waals surface area contributed by atoms with E-state index in [-0.39, 0.29) is 5.41 Å². The molecule has 1 fully saturated rings. The zero-order valence-corrected chi connectivity index (χ0v) is 11.2. The van der Waals surface area contributed by atoms with E-state index in [2.05, 4.69) is 5.10 Å². The largest absolute Gasteiger partial charge is 0.386 e. The van der Waals surface area contributed by atoms with Gasteiger partial charge >= 0.3 is 0 Å². The van der Waals surface area contributed by atoms with Crippen LogP contribution in [0.5, 0.6) is 0 Å². The lowest BCUT2D eigenvalue weighted by atomic mass is 9.74. The van der Waals surface area contributed by atoms with E-state index in [9.17, 15) is 5.11 Å². The summed E-state index contributed by atoms with van der Waals surface area (Å²) in [4.78, 5) is 0. The molecule has 2 heterocycles. The van der Waals surface area contributed by atoms with Crippen molar-refractivity contribution < 1.29 is 9.84 Å². The molecule has 1 aromatic rings. The number of aliphatic hydroxyl groups excluding tert-OH is 1. The normalized spacial score (nSPS) is 20.9. The number of aryl methyl sites for hydroxylation is 2. The molecule has 1 atom stereocenters. The molecule has 1 unspecified atom stereocenters. The number of hydrogen-bond donors (Lipinski definition) is 2. The Morgan fingerprint density at radius 1 is 1.56 bits per heavy atom. The molecule has 2 rings (SSSR count). The van der Waals surface area contributed by atoms with Crippen molar-refractivity contribution in [1.82, 2.24) is 9.78 Å². The van der Waals surface area contributed by atoms with Crippen molar-refractivity contribution in [1.29, 1.82) is 0 Å². The third-order valence-electron chi connectivity index (χ3n) is 4.05. The fourth-order valence-corrected chi connectivity index (χ4v) is 2.67. The maximum absolute atomic E-state index is 10.6. The van der Waals surface area contributed by atoms with Crippen LogP contribution >= 0.6 is 0 Å². The Morgan fingerprint density at radius 2 is 2.22 bits per heavy atom. The van der Waals surface area contributed by atoms with Crippen LogP contribution in [0, 0.1) is 12.3 Å². The van der Waals surface area contributed by atoms with Gasteiger partial charge in [0, 0.05) is 37.4 Å². The minimum Gasteiger partial charge on any atom is -0.386 e. The van der Waals surface area contributed by atoms with Gasteiger partial charge < -0.3 is 15.6 Å². The molecular weight excluding hydrogens is 230 g/mol. The van der Waals surface area contributed by atoms with Crippen molar-refractivity contribution in [3.63, 3.8) is 0 Å². The van der Waals surface area contributed by atoms with Crippen LogP contribution in [0.25, 0.3) is 0 Å². The lowest BCUT2D eigenvalue weighted by Crippen LogP contribution is -2.41. The second-order valence-electron chi connectivity index (χ2n) is 5.11. The Labute approximate surface area is 108 Å². The average Bonchev–Trinajstić information content (AvgIpc) is 2.79. The molecule has 0 radical (unpaired) electrons. The summed E-state index contributed by atoms with van der Waals surface area (Å²) in [6.45, 7) is 6.67. The molecule has 102 valence electrons. The monoisotopic (exact) mass is 253 g/mol. The smallest absolute Gasteiger partial charge is 0.105 e. The van der Waals surface area contributed by atoms with Crippen molar-refractivity contribution >= 4 is 0 Å². The third kappa shape index (κ3) is 2.30. The van der Waals surface area contributed by atoms with E-state index in [4.69, 9.17) is 10.5 Å². The Kier molecular flexibility index (Phi) is 4.04. The fraction of sp³-hybridized carbons (Fsp3) is 0.769. The lowest BCUT2D eigenvalue weighted by Gasteiger charge is -2.39. The molecular formula is C13H23N3O2. The number of nitrogens with zero attached hydrogens (tertiary/aromatic N) is 2. The molecule has 5 heteroatoms. The van der Waals surface area contributed by atoms with Gasteiger partial charge in [-0.05, 0) is 32.8 Å². The van der Waals surface area contributed by atoms with Gasteiger partial charge in [-0.3, -0.25) is 4.68 Å². The first-order valence-corrected chi connectivity index (χ1v) is 6.63. The molecule has 0 saturated carbocycles. The topological polar surface area (TPSA) is 73.3 Å². The van der Waals surface area contributed by atoms with E-state index in [1.807, 2.05) is 24.6 Å².